The number of carbonyl (C=O) groups is 2. The topological polar surface area (TPSA) is 67.7 Å². The molecule has 0 saturated carbocycles. The van der Waals surface area contributed by atoms with Gasteiger partial charge in [0.25, 0.3) is 0 Å². The lowest BCUT2D eigenvalue weighted by molar-refractivity contribution is -0.119. The largest absolute Gasteiger partial charge is 0.497 e. The molecule has 1 fully saturated rings. The number of anilines is 2. The summed E-state index contributed by atoms with van der Waals surface area (Å²) in [6.45, 7) is 4.69. The van der Waals surface area contributed by atoms with E-state index in [0.717, 1.165) is 34.0 Å². The van der Waals surface area contributed by atoms with Gasteiger partial charge < -0.3 is 19.1 Å². The van der Waals surface area contributed by atoms with Crippen LogP contribution in [-0.4, -0.2) is 41.1 Å². The van der Waals surface area contributed by atoms with Gasteiger partial charge in [-0.3, -0.25) is 9.59 Å². The van der Waals surface area contributed by atoms with E-state index in [1.807, 2.05) is 102 Å². The Morgan fingerprint density at radius 3 is 2.42 bits per heavy atom. The van der Waals surface area contributed by atoms with Gasteiger partial charge in [-0.2, -0.15) is 0 Å². The van der Waals surface area contributed by atoms with Crippen molar-refractivity contribution in [2.45, 2.75) is 38.8 Å². The highest BCUT2D eigenvalue weighted by molar-refractivity contribution is 5.97. The van der Waals surface area contributed by atoms with Crippen LogP contribution in [0.4, 0.5) is 11.4 Å². The van der Waals surface area contributed by atoms with Crippen LogP contribution in [0, 0.1) is 0 Å². The average Bonchev–Trinajstić information content (AvgIpc) is 3.45. The maximum atomic E-state index is 13.7. The van der Waals surface area contributed by atoms with Crippen LogP contribution in [0.3, 0.4) is 0 Å². The normalized spacial score (nSPS) is 15.6. The number of rotatable bonds is 7. The number of methoxy groups -OCH3 is 1. The summed E-state index contributed by atoms with van der Waals surface area (Å²) in [6.07, 6.45) is 0.343. The van der Waals surface area contributed by atoms with E-state index >= 15 is 0 Å². The van der Waals surface area contributed by atoms with E-state index in [1.54, 1.807) is 12.0 Å². The van der Waals surface area contributed by atoms with Crippen molar-refractivity contribution < 1.29 is 14.3 Å². The highest BCUT2D eigenvalue weighted by Gasteiger charge is 2.35. The molecular formula is C29H30N4O3. The van der Waals surface area contributed by atoms with E-state index in [1.165, 1.54) is 0 Å². The molecule has 36 heavy (non-hydrogen) atoms. The van der Waals surface area contributed by atoms with Crippen LogP contribution in [0.15, 0.2) is 78.9 Å². The number of carbonyl (C=O) groups excluding carboxylic acids is 2. The van der Waals surface area contributed by atoms with Gasteiger partial charge in [-0.25, -0.2) is 4.98 Å². The van der Waals surface area contributed by atoms with Crippen LogP contribution in [-0.2, 0) is 16.1 Å². The van der Waals surface area contributed by atoms with Crippen LogP contribution < -0.4 is 14.5 Å². The summed E-state index contributed by atoms with van der Waals surface area (Å²) in [5.41, 5.74) is 3.42. The summed E-state index contributed by atoms with van der Waals surface area (Å²) < 4.78 is 7.24. The highest BCUT2D eigenvalue weighted by atomic mass is 16.5. The van der Waals surface area contributed by atoms with Crippen LogP contribution >= 0.6 is 0 Å². The fourth-order valence-corrected chi connectivity index (χ4v) is 4.99. The Kier molecular flexibility index (Phi) is 6.46. The van der Waals surface area contributed by atoms with Gasteiger partial charge in [0.05, 0.1) is 18.1 Å². The molecule has 2 heterocycles. The minimum atomic E-state index is -0.121. The number of hydrogen-bond donors (Lipinski definition) is 0. The molecule has 1 saturated heterocycles. The standard InChI is InChI=1S/C29H30N4O3/c1-20(2)33(23-9-5-4-6-10-23)28(35)19-32-26-12-8-7-11-25(26)30-29(32)21-17-27(34)31(18-21)22-13-15-24(36-3)16-14-22/h4-16,20-21H,17-19H2,1-3H3. The highest BCUT2D eigenvalue weighted by Crippen LogP contribution is 2.34. The fraction of sp³-hybridized carbons (Fsp3) is 0.276. The lowest BCUT2D eigenvalue weighted by Gasteiger charge is -2.27. The summed E-state index contributed by atoms with van der Waals surface area (Å²) in [6, 6.07) is 25.1. The molecule has 0 bridgehead atoms. The predicted molar refractivity (Wildman–Crippen MR) is 142 cm³/mol. The molecule has 0 radical (unpaired) electrons. The molecule has 0 spiro atoms. The molecule has 7 heteroatoms. The quantitative estimate of drug-likeness (QED) is 0.372. The first kappa shape index (κ1) is 23.6. The number of ether oxygens (including phenoxy) is 1. The Hall–Kier alpha value is -4.13. The molecule has 184 valence electrons. The molecule has 2 amide bonds. The Labute approximate surface area is 210 Å². The van der Waals surface area contributed by atoms with Gasteiger partial charge in [0.1, 0.15) is 18.1 Å². The van der Waals surface area contributed by atoms with Crippen molar-refractivity contribution in [3.63, 3.8) is 0 Å². The van der Waals surface area contributed by atoms with E-state index < -0.39 is 0 Å². The number of nitrogens with zero attached hydrogens (tertiary/aromatic N) is 4. The van der Waals surface area contributed by atoms with E-state index in [-0.39, 0.29) is 30.3 Å². The molecule has 1 aliphatic heterocycles. The Balaban J connectivity index is 1.47. The number of aromatic nitrogens is 2. The third kappa shape index (κ3) is 4.44. The number of benzene rings is 3. The van der Waals surface area contributed by atoms with E-state index in [9.17, 15) is 9.59 Å². The van der Waals surface area contributed by atoms with Crippen molar-refractivity contribution in [2.24, 2.45) is 0 Å². The number of para-hydroxylation sites is 3. The summed E-state index contributed by atoms with van der Waals surface area (Å²) in [7, 11) is 1.62. The molecule has 0 aliphatic carbocycles. The predicted octanol–water partition coefficient (Wildman–Crippen LogP) is 5.01. The van der Waals surface area contributed by atoms with E-state index in [4.69, 9.17) is 9.72 Å². The third-order valence-corrected chi connectivity index (χ3v) is 6.67. The number of fused-ring (bicyclic) bond motifs is 1. The molecule has 0 N–H and O–H groups in total. The van der Waals surface area contributed by atoms with Crippen molar-refractivity contribution in [1.29, 1.82) is 0 Å². The molecule has 1 unspecified atom stereocenters. The maximum Gasteiger partial charge on any atom is 0.247 e. The second kappa shape index (κ2) is 9.85. The van der Waals surface area contributed by atoms with Gasteiger partial charge in [-0.15, -0.1) is 0 Å². The smallest absolute Gasteiger partial charge is 0.247 e. The molecule has 1 aromatic heterocycles. The molecule has 1 atom stereocenters. The minimum Gasteiger partial charge on any atom is -0.497 e. The summed E-state index contributed by atoms with van der Waals surface area (Å²) >= 11 is 0. The van der Waals surface area contributed by atoms with E-state index in [0.29, 0.717) is 13.0 Å². The van der Waals surface area contributed by atoms with Gasteiger partial charge in [0.2, 0.25) is 11.8 Å². The average molecular weight is 483 g/mol. The summed E-state index contributed by atoms with van der Waals surface area (Å²) in [5.74, 6) is 1.42. The van der Waals surface area contributed by atoms with Crippen LogP contribution in [0.5, 0.6) is 5.75 Å². The van der Waals surface area contributed by atoms with Gasteiger partial charge in [-0.05, 0) is 62.4 Å². The lowest BCUT2D eigenvalue weighted by atomic mass is 10.1. The Morgan fingerprint density at radius 2 is 1.72 bits per heavy atom. The van der Waals surface area contributed by atoms with Crippen LogP contribution in [0.25, 0.3) is 11.0 Å². The zero-order valence-corrected chi connectivity index (χ0v) is 20.8. The minimum absolute atomic E-state index is 0.00300. The van der Waals surface area contributed by atoms with Gasteiger partial charge >= 0.3 is 0 Å². The van der Waals surface area contributed by atoms with Gasteiger partial charge in [0, 0.05) is 36.3 Å². The first-order valence-electron chi connectivity index (χ1n) is 12.2. The molecule has 3 aromatic carbocycles. The van der Waals surface area contributed by atoms with Gasteiger partial charge in [-0.1, -0.05) is 30.3 Å². The summed E-state index contributed by atoms with van der Waals surface area (Å²) in [4.78, 5) is 35.2. The van der Waals surface area contributed by atoms with Crippen LogP contribution in [0.1, 0.15) is 32.0 Å². The van der Waals surface area contributed by atoms with Crippen molar-refractivity contribution in [3.8, 4) is 5.75 Å². The first-order valence-corrected chi connectivity index (χ1v) is 12.2. The second-order valence-corrected chi connectivity index (χ2v) is 9.34. The first-order chi connectivity index (χ1) is 17.5. The Morgan fingerprint density at radius 1 is 1.03 bits per heavy atom. The molecule has 4 aromatic rings. The Bertz CT molecular complexity index is 1380. The maximum absolute atomic E-state index is 13.7. The van der Waals surface area contributed by atoms with Crippen LogP contribution in [0.2, 0.25) is 0 Å². The third-order valence-electron chi connectivity index (χ3n) is 6.67. The van der Waals surface area contributed by atoms with Crippen molar-refractivity contribution in [1.82, 2.24) is 9.55 Å². The SMILES string of the molecule is COc1ccc(N2CC(c3nc4ccccc4n3CC(=O)N(c3ccccc3)C(C)C)CC2=O)cc1. The number of amides is 2. The zero-order valence-electron chi connectivity index (χ0n) is 20.8. The van der Waals surface area contributed by atoms with Crippen molar-refractivity contribution in [3.05, 3.63) is 84.7 Å². The number of imidazole rings is 1. The van der Waals surface area contributed by atoms with Gasteiger partial charge in [0.15, 0.2) is 0 Å². The molecule has 7 nitrogen and oxygen atoms in total. The fourth-order valence-electron chi connectivity index (χ4n) is 4.99. The lowest BCUT2D eigenvalue weighted by Crippen LogP contribution is -2.39. The molecule has 1 aliphatic rings. The van der Waals surface area contributed by atoms with Crippen molar-refractivity contribution >= 4 is 34.2 Å². The second-order valence-electron chi connectivity index (χ2n) is 9.34. The monoisotopic (exact) mass is 482 g/mol. The molecular weight excluding hydrogens is 452 g/mol. The van der Waals surface area contributed by atoms with Crippen molar-refractivity contribution in [2.75, 3.05) is 23.5 Å². The summed E-state index contributed by atoms with van der Waals surface area (Å²) in [5, 5.41) is 0. The zero-order chi connectivity index (χ0) is 25.2. The van der Waals surface area contributed by atoms with E-state index in [2.05, 4.69) is 0 Å². The number of hydrogen-bond acceptors (Lipinski definition) is 4. The molecule has 5 rings (SSSR count).